The Morgan fingerprint density at radius 3 is 2.24 bits per heavy atom. The molecule has 1 atom stereocenters. The van der Waals surface area contributed by atoms with Crippen molar-refractivity contribution in [3.63, 3.8) is 0 Å². The number of aryl methyl sites for hydroxylation is 1. The summed E-state index contributed by atoms with van der Waals surface area (Å²) in [5.41, 5.74) is 0.0869. The first-order chi connectivity index (χ1) is 13.2. The standard InChI is InChI=1S/C22H33BFNO4/c1-13-12-15-14(10-11-22(15,19(2,3)4)27-18(26)25-9)17(24)16(13)23-28-20(5,6)21(7,8)29-23/h12H,10-11H2,1-9H3,(H,25,26). The molecule has 1 aromatic carbocycles. The number of carbonyl (C=O) groups excluding carboxylic acids is 1. The Hall–Kier alpha value is -1.60. The van der Waals surface area contributed by atoms with Crippen LogP contribution in [-0.4, -0.2) is 31.5 Å². The molecule has 1 aromatic rings. The van der Waals surface area contributed by atoms with Gasteiger partial charge in [-0.1, -0.05) is 26.8 Å². The van der Waals surface area contributed by atoms with Gasteiger partial charge in [0, 0.05) is 23.5 Å². The van der Waals surface area contributed by atoms with Gasteiger partial charge in [0.1, 0.15) is 11.4 Å². The second-order valence-electron chi connectivity index (χ2n) is 10.3. The second-order valence-corrected chi connectivity index (χ2v) is 10.3. The number of hydrogen-bond donors (Lipinski definition) is 1. The molecule has 1 aliphatic carbocycles. The van der Waals surface area contributed by atoms with E-state index in [4.69, 9.17) is 14.0 Å². The lowest BCUT2D eigenvalue weighted by Gasteiger charge is -2.42. The number of alkyl carbamates (subject to hydrolysis) is 1. The Labute approximate surface area is 173 Å². The van der Waals surface area contributed by atoms with Gasteiger partial charge < -0.3 is 19.4 Å². The third-order valence-electron chi connectivity index (χ3n) is 6.95. The van der Waals surface area contributed by atoms with Crippen LogP contribution in [0.4, 0.5) is 9.18 Å². The molecule has 1 amide bonds. The van der Waals surface area contributed by atoms with Crippen molar-refractivity contribution in [3.8, 4) is 0 Å². The quantitative estimate of drug-likeness (QED) is 0.757. The molecule has 160 valence electrons. The van der Waals surface area contributed by atoms with Gasteiger partial charge in [-0.25, -0.2) is 9.18 Å². The molecular weight excluding hydrogens is 372 g/mol. The summed E-state index contributed by atoms with van der Waals surface area (Å²) in [5.74, 6) is -0.315. The molecule has 1 heterocycles. The molecule has 29 heavy (non-hydrogen) atoms. The molecule has 1 fully saturated rings. The number of fused-ring (bicyclic) bond motifs is 1. The van der Waals surface area contributed by atoms with Crippen molar-refractivity contribution < 1.29 is 23.2 Å². The average molecular weight is 405 g/mol. The van der Waals surface area contributed by atoms with Gasteiger partial charge in [-0.3, -0.25) is 0 Å². The van der Waals surface area contributed by atoms with Gasteiger partial charge in [-0.05, 0) is 58.6 Å². The van der Waals surface area contributed by atoms with Crippen LogP contribution in [0.2, 0.25) is 0 Å². The minimum atomic E-state index is -0.900. The van der Waals surface area contributed by atoms with Crippen LogP contribution in [0.25, 0.3) is 0 Å². The van der Waals surface area contributed by atoms with Gasteiger partial charge in [-0.2, -0.15) is 0 Å². The number of ether oxygens (including phenoxy) is 1. The molecule has 1 unspecified atom stereocenters. The molecular formula is C22H33BFNO4. The van der Waals surface area contributed by atoms with Crippen LogP contribution in [-0.2, 0) is 26.1 Å². The van der Waals surface area contributed by atoms with Crippen molar-refractivity contribution in [1.82, 2.24) is 5.32 Å². The number of benzene rings is 1. The fourth-order valence-electron chi connectivity index (χ4n) is 4.37. The first-order valence-electron chi connectivity index (χ1n) is 10.3. The lowest BCUT2D eigenvalue weighted by molar-refractivity contribution is -0.0722. The smallest absolute Gasteiger partial charge is 0.437 e. The SMILES string of the molecule is CNC(=O)OC1(C(C)(C)C)CCc2c1cc(C)c(B1OC(C)(C)C(C)(C)O1)c2F. The van der Waals surface area contributed by atoms with E-state index in [1.165, 1.54) is 7.05 Å². The van der Waals surface area contributed by atoms with Crippen molar-refractivity contribution in [2.24, 2.45) is 5.41 Å². The Kier molecular flexibility index (Phi) is 5.11. The maximum absolute atomic E-state index is 15.8. The molecule has 0 radical (unpaired) electrons. The van der Waals surface area contributed by atoms with Gasteiger partial charge in [-0.15, -0.1) is 0 Å². The van der Waals surface area contributed by atoms with E-state index in [1.807, 2.05) is 61.5 Å². The summed E-state index contributed by atoms with van der Waals surface area (Å²) >= 11 is 0. The summed E-state index contributed by atoms with van der Waals surface area (Å²) in [6.07, 6.45) is 0.505. The fraction of sp³-hybridized carbons (Fsp3) is 0.682. The molecule has 0 aromatic heterocycles. The molecule has 5 nitrogen and oxygen atoms in total. The number of hydrogen-bond acceptors (Lipinski definition) is 4. The molecule has 1 N–H and O–H groups in total. The Morgan fingerprint density at radius 1 is 1.21 bits per heavy atom. The number of halogens is 1. The molecule has 0 spiro atoms. The molecule has 0 bridgehead atoms. The van der Waals surface area contributed by atoms with Gasteiger partial charge in [0.2, 0.25) is 0 Å². The predicted molar refractivity (Wildman–Crippen MR) is 112 cm³/mol. The summed E-state index contributed by atoms with van der Waals surface area (Å²) < 4.78 is 34.0. The minimum Gasteiger partial charge on any atom is -0.437 e. The minimum absolute atomic E-state index is 0.315. The van der Waals surface area contributed by atoms with E-state index in [2.05, 4.69) is 5.32 Å². The molecule has 7 heteroatoms. The summed E-state index contributed by atoms with van der Waals surface area (Å²) in [6, 6.07) is 1.94. The fourth-order valence-corrected chi connectivity index (χ4v) is 4.37. The molecule has 1 saturated heterocycles. The molecule has 2 aliphatic rings. The highest BCUT2D eigenvalue weighted by molar-refractivity contribution is 6.62. The van der Waals surface area contributed by atoms with E-state index in [-0.39, 0.29) is 5.82 Å². The maximum Gasteiger partial charge on any atom is 0.498 e. The van der Waals surface area contributed by atoms with Gasteiger partial charge in [0.15, 0.2) is 0 Å². The van der Waals surface area contributed by atoms with Crippen LogP contribution < -0.4 is 10.8 Å². The molecule has 0 saturated carbocycles. The second kappa shape index (κ2) is 6.71. The van der Waals surface area contributed by atoms with Gasteiger partial charge >= 0.3 is 13.2 Å². The highest BCUT2D eigenvalue weighted by atomic mass is 19.1. The Bertz CT molecular complexity index is 830. The zero-order valence-electron chi connectivity index (χ0n) is 19.1. The van der Waals surface area contributed by atoms with Crippen LogP contribution >= 0.6 is 0 Å². The number of nitrogens with one attached hydrogen (secondary N) is 1. The first-order valence-corrected chi connectivity index (χ1v) is 10.3. The first kappa shape index (κ1) is 22.1. The van der Waals surface area contributed by atoms with Crippen molar-refractivity contribution in [2.75, 3.05) is 7.05 Å². The third kappa shape index (κ3) is 3.26. The van der Waals surface area contributed by atoms with Crippen LogP contribution in [0, 0.1) is 18.2 Å². The number of amides is 1. The van der Waals surface area contributed by atoms with Crippen LogP contribution in [0.15, 0.2) is 6.07 Å². The Morgan fingerprint density at radius 2 is 1.76 bits per heavy atom. The maximum atomic E-state index is 15.8. The van der Waals surface area contributed by atoms with E-state index in [0.29, 0.717) is 23.9 Å². The van der Waals surface area contributed by atoms with Gasteiger partial charge in [0.05, 0.1) is 11.2 Å². The van der Waals surface area contributed by atoms with E-state index in [9.17, 15) is 4.79 Å². The summed E-state index contributed by atoms with van der Waals surface area (Å²) in [6.45, 7) is 15.7. The molecule has 1 aliphatic heterocycles. The molecule has 3 rings (SSSR count). The lowest BCUT2D eigenvalue weighted by atomic mass is 9.70. The zero-order chi connectivity index (χ0) is 22.0. The van der Waals surface area contributed by atoms with Gasteiger partial charge in [0.25, 0.3) is 0 Å². The average Bonchev–Trinajstić information content (AvgIpc) is 3.02. The van der Waals surface area contributed by atoms with Crippen LogP contribution in [0.1, 0.15) is 71.6 Å². The Balaban J connectivity index is 2.12. The number of rotatable bonds is 2. The monoisotopic (exact) mass is 405 g/mol. The highest BCUT2D eigenvalue weighted by Gasteiger charge is 2.56. The third-order valence-corrected chi connectivity index (χ3v) is 6.95. The van der Waals surface area contributed by atoms with Crippen molar-refractivity contribution in [3.05, 3.63) is 28.6 Å². The van der Waals surface area contributed by atoms with Crippen LogP contribution in [0.5, 0.6) is 0 Å². The van der Waals surface area contributed by atoms with E-state index in [0.717, 1.165) is 11.1 Å². The van der Waals surface area contributed by atoms with E-state index < -0.39 is 35.4 Å². The van der Waals surface area contributed by atoms with Crippen molar-refractivity contribution >= 4 is 18.7 Å². The summed E-state index contributed by atoms with van der Waals surface area (Å²) in [7, 11) is 0.761. The van der Waals surface area contributed by atoms with E-state index >= 15 is 4.39 Å². The summed E-state index contributed by atoms with van der Waals surface area (Å²) in [5, 5.41) is 2.53. The predicted octanol–water partition coefficient (Wildman–Crippen LogP) is 3.98. The summed E-state index contributed by atoms with van der Waals surface area (Å²) in [4.78, 5) is 12.2. The normalized spacial score (nSPS) is 25.1. The lowest BCUT2D eigenvalue weighted by Crippen LogP contribution is -2.45. The number of carbonyl (C=O) groups is 1. The zero-order valence-corrected chi connectivity index (χ0v) is 19.1. The van der Waals surface area contributed by atoms with Crippen LogP contribution in [0.3, 0.4) is 0 Å². The van der Waals surface area contributed by atoms with Crippen molar-refractivity contribution in [2.45, 2.75) is 85.0 Å². The van der Waals surface area contributed by atoms with Crippen molar-refractivity contribution in [1.29, 1.82) is 0 Å². The topological polar surface area (TPSA) is 56.8 Å². The largest absolute Gasteiger partial charge is 0.498 e. The highest BCUT2D eigenvalue weighted by Crippen LogP contribution is 2.52. The van der Waals surface area contributed by atoms with E-state index in [1.54, 1.807) is 0 Å².